The van der Waals surface area contributed by atoms with Crippen LogP contribution in [0.25, 0.3) is 0 Å². The summed E-state index contributed by atoms with van der Waals surface area (Å²) in [6, 6.07) is 11.2. The van der Waals surface area contributed by atoms with Crippen LogP contribution in [0.15, 0.2) is 46.9 Å². The van der Waals surface area contributed by atoms with Crippen molar-refractivity contribution in [2.24, 2.45) is 0 Å². The average Bonchev–Trinajstić information content (AvgIpc) is 2.49. The van der Waals surface area contributed by atoms with Crippen molar-refractivity contribution < 1.29 is 9.72 Å². The van der Waals surface area contributed by atoms with Crippen molar-refractivity contribution in [3.63, 3.8) is 0 Å². The first kappa shape index (κ1) is 17.0. The van der Waals surface area contributed by atoms with E-state index in [0.717, 1.165) is 10.0 Å². The second-order valence-corrected chi connectivity index (χ2v) is 6.00. The molecular formula is C15H12BrN3O3S. The maximum atomic E-state index is 12.1. The van der Waals surface area contributed by atoms with Gasteiger partial charge in [0, 0.05) is 27.9 Å². The van der Waals surface area contributed by atoms with Gasteiger partial charge < -0.3 is 5.32 Å². The standard InChI is InChI=1S/C15H12BrN3O3S/c1-9-5-6-12(19(21)22)8-13(9)17-15(23)18-14(20)10-3-2-4-11(16)7-10/h2-8H,1H3,(H2,17,18,20,23). The number of benzene rings is 2. The number of hydrogen-bond donors (Lipinski definition) is 2. The van der Waals surface area contributed by atoms with Crippen LogP contribution in [0.3, 0.4) is 0 Å². The molecule has 0 saturated heterocycles. The minimum Gasteiger partial charge on any atom is -0.332 e. The van der Waals surface area contributed by atoms with Crippen molar-refractivity contribution in [2.45, 2.75) is 6.92 Å². The number of hydrogen-bond acceptors (Lipinski definition) is 4. The maximum absolute atomic E-state index is 12.1. The lowest BCUT2D eigenvalue weighted by atomic mass is 10.2. The Morgan fingerprint density at radius 1 is 1.26 bits per heavy atom. The third-order valence-electron chi connectivity index (χ3n) is 2.99. The van der Waals surface area contributed by atoms with Gasteiger partial charge in [-0.3, -0.25) is 20.2 Å². The van der Waals surface area contributed by atoms with E-state index in [4.69, 9.17) is 12.2 Å². The zero-order valence-electron chi connectivity index (χ0n) is 12.0. The Kier molecular flexibility index (Phi) is 5.41. The van der Waals surface area contributed by atoms with Crippen LogP contribution in [0.2, 0.25) is 0 Å². The van der Waals surface area contributed by atoms with Crippen LogP contribution in [0, 0.1) is 17.0 Å². The van der Waals surface area contributed by atoms with Crippen molar-refractivity contribution >= 4 is 50.5 Å². The van der Waals surface area contributed by atoms with Gasteiger partial charge in [0.05, 0.1) is 4.92 Å². The van der Waals surface area contributed by atoms with Gasteiger partial charge in [0.25, 0.3) is 11.6 Å². The molecule has 0 aliphatic heterocycles. The van der Waals surface area contributed by atoms with Crippen LogP contribution in [0.5, 0.6) is 0 Å². The molecule has 0 unspecified atom stereocenters. The fourth-order valence-corrected chi connectivity index (χ4v) is 2.42. The molecule has 2 N–H and O–H groups in total. The lowest BCUT2D eigenvalue weighted by Gasteiger charge is -2.11. The van der Waals surface area contributed by atoms with Crippen molar-refractivity contribution in [1.82, 2.24) is 5.32 Å². The number of rotatable bonds is 3. The summed E-state index contributed by atoms with van der Waals surface area (Å²) in [5.41, 5.74) is 1.63. The third kappa shape index (κ3) is 4.57. The Morgan fingerprint density at radius 3 is 2.65 bits per heavy atom. The molecule has 0 aliphatic rings. The summed E-state index contributed by atoms with van der Waals surface area (Å²) in [6.45, 7) is 1.78. The first-order valence-electron chi connectivity index (χ1n) is 6.50. The van der Waals surface area contributed by atoms with Crippen LogP contribution in [0.1, 0.15) is 15.9 Å². The number of thiocarbonyl (C=S) groups is 1. The predicted octanol–water partition coefficient (Wildman–Crippen LogP) is 3.79. The molecule has 118 valence electrons. The smallest absolute Gasteiger partial charge is 0.271 e. The Bertz CT molecular complexity index is 795. The van der Waals surface area contributed by atoms with E-state index in [-0.39, 0.29) is 16.7 Å². The number of carbonyl (C=O) groups is 1. The molecule has 0 fully saturated rings. The van der Waals surface area contributed by atoms with Gasteiger partial charge >= 0.3 is 0 Å². The molecule has 2 aromatic carbocycles. The van der Waals surface area contributed by atoms with Crippen LogP contribution in [-0.4, -0.2) is 15.9 Å². The zero-order valence-corrected chi connectivity index (χ0v) is 14.4. The molecule has 8 heteroatoms. The molecule has 0 radical (unpaired) electrons. The maximum Gasteiger partial charge on any atom is 0.271 e. The van der Waals surface area contributed by atoms with E-state index >= 15 is 0 Å². The highest BCUT2D eigenvalue weighted by Crippen LogP contribution is 2.21. The minimum absolute atomic E-state index is 0.0563. The van der Waals surface area contributed by atoms with E-state index < -0.39 is 4.92 Å². The molecule has 2 rings (SSSR count). The number of nitrogens with zero attached hydrogens (tertiary/aromatic N) is 1. The quantitative estimate of drug-likeness (QED) is 0.470. The Hall–Kier alpha value is -2.32. The van der Waals surface area contributed by atoms with Gasteiger partial charge in [-0.1, -0.05) is 28.1 Å². The number of amides is 1. The highest BCUT2D eigenvalue weighted by atomic mass is 79.9. The second-order valence-electron chi connectivity index (χ2n) is 4.67. The Morgan fingerprint density at radius 2 is 2.00 bits per heavy atom. The van der Waals surface area contributed by atoms with Crippen LogP contribution >= 0.6 is 28.1 Å². The average molecular weight is 394 g/mol. The number of non-ortho nitro benzene ring substituents is 1. The third-order valence-corrected chi connectivity index (χ3v) is 3.69. The summed E-state index contributed by atoms with van der Waals surface area (Å²) in [4.78, 5) is 22.4. The van der Waals surface area contributed by atoms with E-state index in [1.807, 2.05) is 0 Å². The number of nitro groups is 1. The molecule has 0 saturated carbocycles. The van der Waals surface area contributed by atoms with Crippen molar-refractivity contribution in [2.75, 3.05) is 5.32 Å². The van der Waals surface area contributed by atoms with E-state index in [2.05, 4.69) is 26.6 Å². The van der Waals surface area contributed by atoms with Gasteiger partial charge in [-0.15, -0.1) is 0 Å². The number of halogens is 1. The number of aryl methyl sites for hydroxylation is 1. The summed E-state index contributed by atoms with van der Waals surface area (Å²) in [5.74, 6) is -0.369. The van der Waals surface area contributed by atoms with Crippen LogP contribution < -0.4 is 10.6 Å². The van der Waals surface area contributed by atoms with Crippen molar-refractivity contribution in [1.29, 1.82) is 0 Å². The van der Waals surface area contributed by atoms with E-state index in [0.29, 0.717) is 11.3 Å². The van der Waals surface area contributed by atoms with Gasteiger partial charge in [-0.25, -0.2) is 0 Å². The fourth-order valence-electron chi connectivity index (χ4n) is 1.82. The van der Waals surface area contributed by atoms with Gasteiger partial charge in [0.2, 0.25) is 0 Å². The molecule has 0 aliphatic carbocycles. The van der Waals surface area contributed by atoms with Gasteiger partial charge in [0.1, 0.15) is 0 Å². The topological polar surface area (TPSA) is 84.3 Å². The Balaban J connectivity index is 2.09. The van der Waals surface area contributed by atoms with Crippen LogP contribution in [-0.2, 0) is 0 Å². The van der Waals surface area contributed by atoms with Gasteiger partial charge in [-0.2, -0.15) is 0 Å². The summed E-state index contributed by atoms with van der Waals surface area (Å²) in [7, 11) is 0. The highest BCUT2D eigenvalue weighted by Gasteiger charge is 2.12. The van der Waals surface area contributed by atoms with Crippen molar-refractivity contribution in [3.8, 4) is 0 Å². The first-order valence-corrected chi connectivity index (χ1v) is 7.70. The SMILES string of the molecule is Cc1ccc([N+](=O)[O-])cc1NC(=S)NC(=O)c1cccc(Br)c1. The second kappa shape index (κ2) is 7.30. The fraction of sp³-hybridized carbons (Fsp3) is 0.0667. The molecule has 1 amide bonds. The summed E-state index contributed by atoms with van der Waals surface area (Å²) in [5, 5.41) is 16.2. The number of carbonyl (C=O) groups excluding carboxylic acids is 1. The van der Waals surface area contributed by atoms with E-state index in [9.17, 15) is 14.9 Å². The number of nitrogens with one attached hydrogen (secondary N) is 2. The van der Waals surface area contributed by atoms with E-state index in [1.54, 1.807) is 37.3 Å². The molecule has 0 bridgehead atoms. The molecule has 0 spiro atoms. The summed E-state index contributed by atoms with van der Waals surface area (Å²) < 4.78 is 0.776. The number of nitro benzene ring substituents is 1. The largest absolute Gasteiger partial charge is 0.332 e. The zero-order chi connectivity index (χ0) is 17.0. The molecule has 0 aromatic heterocycles. The highest BCUT2D eigenvalue weighted by molar-refractivity contribution is 9.10. The van der Waals surface area contributed by atoms with E-state index in [1.165, 1.54) is 12.1 Å². The molecule has 6 nitrogen and oxygen atoms in total. The normalized spacial score (nSPS) is 10.0. The van der Waals surface area contributed by atoms with Gasteiger partial charge in [0.15, 0.2) is 5.11 Å². The first-order chi connectivity index (χ1) is 10.9. The summed E-state index contributed by atoms with van der Waals surface area (Å²) in [6.07, 6.45) is 0. The summed E-state index contributed by atoms with van der Waals surface area (Å²) >= 11 is 8.38. The van der Waals surface area contributed by atoms with Gasteiger partial charge in [-0.05, 0) is 42.9 Å². The molecule has 0 heterocycles. The van der Waals surface area contributed by atoms with Crippen molar-refractivity contribution in [3.05, 3.63) is 68.2 Å². The number of anilines is 1. The lowest BCUT2D eigenvalue weighted by Crippen LogP contribution is -2.34. The lowest BCUT2D eigenvalue weighted by molar-refractivity contribution is -0.384. The molecule has 2 aromatic rings. The molecule has 0 atom stereocenters. The monoisotopic (exact) mass is 393 g/mol. The minimum atomic E-state index is -0.492. The molecule has 23 heavy (non-hydrogen) atoms. The predicted molar refractivity (Wildman–Crippen MR) is 95.7 cm³/mol. The molecular weight excluding hydrogens is 382 g/mol. The van der Waals surface area contributed by atoms with Crippen LogP contribution in [0.4, 0.5) is 11.4 Å². The Labute approximate surface area is 146 Å².